The van der Waals surface area contributed by atoms with Crippen molar-refractivity contribution >= 4 is 0 Å². The zero-order valence-electron chi connectivity index (χ0n) is 14.7. The SMILES string of the molecule is Cc1ccc(CCc2ncc(CCc3ncc(C)cc3F)cn2)cc1. The first-order valence-electron chi connectivity index (χ1n) is 8.56. The van der Waals surface area contributed by atoms with Crippen LogP contribution in [0.3, 0.4) is 0 Å². The predicted molar refractivity (Wildman–Crippen MR) is 97.0 cm³/mol. The summed E-state index contributed by atoms with van der Waals surface area (Å²) in [6.07, 6.45) is 8.36. The zero-order chi connectivity index (χ0) is 17.6. The first-order valence-corrected chi connectivity index (χ1v) is 8.56. The summed E-state index contributed by atoms with van der Waals surface area (Å²) in [5.74, 6) is 0.597. The van der Waals surface area contributed by atoms with Gasteiger partial charge in [0.15, 0.2) is 0 Å². The summed E-state index contributed by atoms with van der Waals surface area (Å²) in [5, 5.41) is 0. The minimum Gasteiger partial charge on any atom is -0.258 e. The number of hydrogen-bond acceptors (Lipinski definition) is 3. The van der Waals surface area contributed by atoms with Crippen molar-refractivity contribution in [2.45, 2.75) is 39.5 Å². The highest BCUT2D eigenvalue weighted by Gasteiger charge is 2.06. The highest BCUT2D eigenvalue weighted by molar-refractivity contribution is 5.22. The Morgan fingerprint density at radius 2 is 1.40 bits per heavy atom. The van der Waals surface area contributed by atoms with Crippen molar-refractivity contribution in [1.29, 1.82) is 0 Å². The van der Waals surface area contributed by atoms with Crippen molar-refractivity contribution in [3.05, 3.63) is 88.5 Å². The van der Waals surface area contributed by atoms with Gasteiger partial charge in [0, 0.05) is 25.0 Å². The smallest absolute Gasteiger partial charge is 0.144 e. The molecule has 0 saturated heterocycles. The van der Waals surface area contributed by atoms with Crippen LogP contribution < -0.4 is 0 Å². The molecule has 0 aliphatic carbocycles. The van der Waals surface area contributed by atoms with Crippen molar-refractivity contribution < 1.29 is 4.39 Å². The van der Waals surface area contributed by atoms with E-state index in [0.717, 1.165) is 29.8 Å². The number of halogens is 1. The van der Waals surface area contributed by atoms with Gasteiger partial charge in [0.25, 0.3) is 0 Å². The van der Waals surface area contributed by atoms with Gasteiger partial charge in [0.2, 0.25) is 0 Å². The Morgan fingerprint density at radius 3 is 2.08 bits per heavy atom. The second kappa shape index (κ2) is 7.97. The van der Waals surface area contributed by atoms with Crippen LogP contribution >= 0.6 is 0 Å². The Hall–Kier alpha value is -2.62. The van der Waals surface area contributed by atoms with E-state index in [1.807, 2.05) is 19.3 Å². The Labute approximate surface area is 148 Å². The molecule has 0 spiro atoms. The van der Waals surface area contributed by atoms with Crippen LogP contribution in [0.15, 0.2) is 48.9 Å². The van der Waals surface area contributed by atoms with Crippen LogP contribution in [0.5, 0.6) is 0 Å². The molecular formula is C21H22FN3. The van der Waals surface area contributed by atoms with Gasteiger partial charge < -0.3 is 0 Å². The van der Waals surface area contributed by atoms with Crippen molar-refractivity contribution in [3.8, 4) is 0 Å². The summed E-state index contributed by atoms with van der Waals surface area (Å²) in [5.41, 5.74) is 4.89. The summed E-state index contributed by atoms with van der Waals surface area (Å²) in [6.45, 7) is 3.92. The van der Waals surface area contributed by atoms with Crippen molar-refractivity contribution in [1.82, 2.24) is 15.0 Å². The van der Waals surface area contributed by atoms with Crippen LogP contribution in [-0.2, 0) is 25.7 Å². The topological polar surface area (TPSA) is 38.7 Å². The molecule has 0 aliphatic heterocycles. The fourth-order valence-electron chi connectivity index (χ4n) is 2.66. The summed E-state index contributed by atoms with van der Waals surface area (Å²) in [4.78, 5) is 13.0. The van der Waals surface area contributed by atoms with Crippen molar-refractivity contribution in [3.63, 3.8) is 0 Å². The van der Waals surface area contributed by atoms with Crippen LogP contribution in [0.25, 0.3) is 0 Å². The van der Waals surface area contributed by atoms with Gasteiger partial charge in [-0.3, -0.25) is 4.98 Å². The number of rotatable bonds is 6. The zero-order valence-corrected chi connectivity index (χ0v) is 14.7. The Bertz CT molecular complexity index is 827. The van der Waals surface area contributed by atoms with E-state index in [1.165, 1.54) is 17.2 Å². The molecule has 25 heavy (non-hydrogen) atoms. The van der Waals surface area contributed by atoms with Crippen LogP contribution in [0.1, 0.15) is 33.8 Å². The molecule has 128 valence electrons. The largest absolute Gasteiger partial charge is 0.258 e. The van der Waals surface area contributed by atoms with Crippen LogP contribution in [0, 0.1) is 19.7 Å². The second-order valence-electron chi connectivity index (χ2n) is 6.43. The second-order valence-corrected chi connectivity index (χ2v) is 6.43. The summed E-state index contributed by atoms with van der Waals surface area (Å²) >= 11 is 0. The third-order valence-electron chi connectivity index (χ3n) is 4.22. The molecule has 3 aromatic rings. The fraction of sp³-hybridized carbons (Fsp3) is 0.286. The summed E-state index contributed by atoms with van der Waals surface area (Å²) in [7, 11) is 0. The number of aromatic nitrogens is 3. The van der Waals surface area contributed by atoms with Crippen LogP contribution in [0.2, 0.25) is 0 Å². The summed E-state index contributed by atoms with van der Waals surface area (Å²) in [6, 6.07) is 10.1. The molecule has 0 bridgehead atoms. The van der Waals surface area contributed by atoms with E-state index in [9.17, 15) is 4.39 Å². The number of nitrogens with zero attached hydrogens (tertiary/aromatic N) is 3. The first kappa shape index (κ1) is 17.2. The maximum absolute atomic E-state index is 13.8. The minimum absolute atomic E-state index is 0.240. The molecule has 2 heterocycles. The monoisotopic (exact) mass is 335 g/mol. The quantitative estimate of drug-likeness (QED) is 0.678. The maximum Gasteiger partial charge on any atom is 0.144 e. The van der Waals surface area contributed by atoms with Gasteiger partial charge in [-0.25, -0.2) is 14.4 Å². The predicted octanol–water partition coefficient (Wildman–Crippen LogP) is 4.20. The fourth-order valence-corrected chi connectivity index (χ4v) is 2.66. The van der Waals surface area contributed by atoms with E-state index in [4.69, 9.17) is 0 Å². The molecular weight excluding hydrogens is 313 g/mol. The van der Waals surface area contributed by atoms with Gasteiger partial charge in [-0.2, -0.15) is 0 Å². The molecule has 0 radical (unpaired) electrons. The average Bonchev–Trinajstić information content (AvgIpc) is 2.61. The van der Waals surface area contributed by atoms with Gasteiger partial charge in [-0.1, -0.05) is 29.8 Å². The van der Waals surface area contributed by atoms with E-state index in [0.29, 0.717) is 18.5 Å². The van der Waals surface area contributed by atoms with Gasteiger partial charge in [-0.05, 0) is 55.9 Å². The molecule has 1 aromatic carbocycles. The van der Waals surface area contributed by atoms with Gasteiger partial charge >= 0.3 is 0 Å². The third-order valence-corrected chi connectivity index (χ3v) is 4.22. The standard InChI is InChI=1S/C21H22FN3/c1-15-3-5-17(6-4-15)8-10-21-24-13-18(14-25-21)7-9-20-19(22)11-16(2)12-23-20/h3-6,11-14H,7-10H2,1-2H3. The molecule has 0 atom stereocenters. The lowest BCUT2D eigenvalue weighted by molar-refractivity contribution is 0.595. The number of hydrogen-bond donors (Lipinski definition) is 0. The lowest BCUT2D eigenvalue weighted by Crippen LogP contribution is -2.02. The van der Waals surface area contributed by atoms with Crippen LogP contribution in [-0.4, -0.2) is 15.0 Å². The van der Waals surface area contributed by atoms with Gasteiger partial charge in [0.1, 0.15) is 11.6 Å². The maximum atomic E-state index is 13.8. The number of aryl methyl sites for hydroxylation is 6. The highest BCUT2D eigenvalue weighted by Crippen LogP contribution is 2.11. The number of benzene rings is 1. The lowest BCUT2D eigenvalue weighted by Gasteiger charge is -2.05. The van der Waals surface area contributed by atoms with E-state index < -0.39 is 0 Å². The molecule has 0 fully saturated rings. The van der Waals surface area contributed by atoms with Gasteiger partial charge in [0.05, 0.1) is 5.69 Å². The first-order chi connectivity index (χ1) is 12.1. The summed E-state index contributed by atoms with van der Waals surface area (Å²) < 4.78 is 13.8. The Kier molecular flexibility index (Phi) is 5.49. The molecule has 0 unspecified atom stereocenters. The molecule has 0 amide bonds. The third kappa shape index (κ3) is 4.92. The lowest BCUT2D eigenvalue weighted by atomic mass is 10.1. The van der Waals surface area contributed by atoms with Crippen LogP contribution in [0.4, 0.5) is 4.39 Å². The minimum atomic E-state index is -0.240. The molecule has 2 aromatic heterocycles. The molecule has 0 aliphatic rings. The van der Waals surface area contributed by atoms with E-state index in [-0.39, 0.29) is 5.82 Å². The van der Waals surface area contributed by atoms with E-state index >= 15 is 0 Å². The molecule has 4 heteroatoms. The molecule has 0 N–H and O–H groups in total. The van der Waals surface area contributed by atoms with E-state index in [2.05, 4.69) is 46.1 Å². The molecule has 3 nitrogen and oxygen atoms in total. The number of pyridine rings is 1. The Morgan fingerprint density at radius 1 is 0.720 bits per heavy atom. The van der Waals surface area contributed by atoms with E-state index in [1.54, 1.807) is 6.20 Å². The van der Waals surface area contributed by atoms with Crippen molar-refractivity contribution in [2.75, 3.05) is 0 Å². The molecule has 3 rings (SSSR count). The normalized spacial score (nSPS) is 10.8. The average molecular weight is 335 g/mol. The van der Waals surface area contributed by atoms with Gasteiger partial charge in [-0.15, -0.1) is 0 Å². The highest BCUT2D eigenvalue weighted by atomic mass is 19.1. The van der Waals surface area contributed by atoms with Crippen molar-refractivity contribution in [2.24, 2.45) is 0 Å². The molecule has 0 saturated carbocycles. The Balaban J connectivity index is 1.54.